The van der Waals surface area contributed by atoms with Gasteiger partial charge in [-0.3, -0.25) is 24.5 Å². The van der Waals surface area contributed by atoms with Crippen molar-refractivity contribution in [1.29, 1.82) is 0 Å². The van der Waals surface area contributed by atoms with Crippen LogP contribution in [0, 0.1) is 18.3 Å². The van der Waals surface area contributed by atoms with Crippen LogP contribution in [0.15, 0.2) is 105 Å². The van der Waals surface area contributed by atoms with Gasteiger partial charge in [-0.05, 0) is 143 Å². The van der Waals surface area contributed by atoms with Crippen LogP contribution in [0.2, 0.25) is 0 Å². The average Bonchev–Trinajstić information content (AvgIpc) is 4.07. The number of fused-ring (bicyclic) bond motifs is 1. The molecule has 0 bridgehead atoms. The molecule has 12 nitrogen and oxygen atoms in total. The summed E-state index contributed by atoms with van der Waals surface area (Å²) in [5.74, 6) is -1.98. The average molecular weight is 955 g/mol. The number of hydrogen-bond donors (Lipinski definition) is 3. The Bertz CT molecular complexity index is 2690. The Morgan fingerprint density at radius 3 is 2.52 bits per heavy atom. The third-order valence-electron chi connectivity index (χ3n) is 12.5. The van der Waals surface area contributed by atoms with Crippen LogP contribution >= 0.6 is 0 Å². The first-order valence-corrected chi connectivity index (χ1v) is 22.7. The van der Waals surface area contributed by atoms with Crippen LogP contribution in [0.4, 0.5) is 27.8 Å². The van der Waals surface area contributed by atoms with Gasteiger partial charge in [0.25, 0.3) is 0 Å². The number of ether oxygens (including phenoxy) is 1. The van der Waals surface area contributed by atoms with E-state index in [0.29, 0.717) is 54.9 Å². The first kappa shape index (κ1) is 52.0. The van der Waals surface area contributed by atoms with Crippen LogP contribution in [0.3, 0.4) is 0 Å². The van der Waals surface area contributed by atoms with Gasteiger partial charge in [-0.1, -0.05) is 38.1 Å². The van der Waals surface area contributed by atoms with Crippen molar-refractivity contribution in [3.05, 3.63) is 130 Å². The summed E-state index contributed by atoms with van der Waals surface area (Å²) in [4.78, 5) is 54.9. The Hall–Kier alpha value is -6.33. The minimum atomic E-state index is -4.79. The summed E-state index contributed by atoms with van der Waals surface area (Å²) in [5.41, 5.74) is 7.44. The molecule has 366 valence electrons. The lowest BCUT2D eigenvalue weighted by Crippen LogP contribution is -2.47. The van der Waals surface area contributed by atoms with Crippen molar-refractivity contribution in [3.63, 3.8) is 0 Å². The number of amides is 1. The number of methoxy groups -OCH3 is 1. The molecule has 0 aromatic carbocycles. The van der Waals surface area contributed by atoms with Gasteiger partial charge in [0.2, 0.25) is 5.91 Å². The predicted molar refractivity (Wildman–Crippen MR) is 258 cm³/mol. The third-order valence-corrected chi connectivity index (χ3v) is 12.5. The summed E-state index contributed by atoms with van der Waals surface area (Å²) in [5, 5.41) is 13.6. The van der Waals surface area contributed by atoms with E-state index in [2.05, 4.69) is 36.8 Å². The Morgan fingerprint density at radius 2 is 1.87 bits per heavy atom. The fraction of sp³-hybridized carbons (Fsp3) is 0.423. The van der Waals surface area contributed by atoms with Gasteiger partial charge in [-0.25, -0.2) is 15.0 Å². The Kier molecular flexibility index (Phi) is 15.9. The molecule has 1 fully saturated rings. The van der Waals surface area contributed by atoms with E-state index in [0.717, 1.165) is 52.8 Å². The maximum Gasteiger partial charge on any atom is 0.433 e. The number of hydrogen-bond acceptors (Lipinski definition) is 11. The van der Waals surface area contributed by atoms with E-state index >= 15 is 0 Å². The number of aliphatic imine (C=N–C) groups is 3. The molecule has 17 heteroatoms. The van der Waals surface area contributed by atoms with E-state index in [4.69, 9.17) is 15.5 Å². The van der Waals surface area contributed by atoms with E-state index in [1.54, 1.807) is 33.2 Å². The second-order valence-corrected chi connectivity index (χ2v) is 19.0. The number of allylic oxidation sites excluding steroid dienone is 5. The van der Waals surface area contributed by atoms with Gasteiger partial charge in [0, 0.05) is 65.3 Å². The number of aliphatic hydroxyl groups is 1. The molecule has 0 spiro atoms. The molecule has 1 amide bonds. The summed E-state index contributed by atoms with van der Waals surface area (Å²) in [6.07, 6.45) is 6.25. The molecule has 3 aromatic rings. The number of halogens is 5. The SMILES string of the molecule is C=C(C(=O)C1(CCC)CC1c1ccc(C2=CCc3ccc(COC)nc3N=C2)nc1C)C(CC(=C/N)/C=N/C(F)F)C(=O)NC(C)(C)CC1=CN=C(C(F)(F)F)C=C(c2ccnc(C(C)(C)O)c2)C1. The smallest absolute Gasteiger partial charge is 0.404 e. The number of pyridine rings is 3. The predicted octanol–water partition coefficient (Wildman–Crippen LogP) is 10.1. The van der Waals surface area contributed by atoms with Crippen molar-refractivity contribution in [1.82, 2.24) is 20.3 Å². The minimum absolute atomic E-state index is 0.000344. The molecule has 4 N–H and O–H groups in total. The fourth-order valence-electron chi connectivity index (χ4n) is 9.04. The third kappa shape index (κ3) is 12.7. The molecular formula is C52H59F5N8O4. The second-order valence-electron chi connectivity index (χ2n) is 19.0. The first-order valence-electron chi connectivity index (χ1n) is 22.7. The number of Topliss-reactive ketones (excluding diaryl/α,β-unsaturated/α-hetero) is 1. The van der Waals surface area contributed by atoms with Crippen molar-refractivity contribution in [2.45, 2.75) is 123 Å². The zero-order valence-corrected chi connectivity index (χ0v) is 39.9. The number of aromatic nitrogens is 3. The maximum absolute atomic E-state index is 14.9. The molecular weight excluding hydrogens is 896 g/mol. The lowest BCUT2D eigenvalue weighted by molar-refractivity contribution is -0.128. The highest BCUT2D eigenvalue weighted by atomic mass is 19.4. The summed E-state index contributed by atoms with van der Waals surface area (Å²) in [6.45, 7) is 11.7. The van der Waals surface area contributed by atoms with E-state index in [1.165, 1.54) is 26.1 Å². The fourth-order valence-corrected chi connectivity index (χ4v) is 9.04. The summed E-state index contributed by atoms with van der Waals surface area (Å²) in [7, 11) is 1.61. The molecule has 0 saturated heterocycles. The molecule has 2 aliphatic heterocycles. The molecule has 3 unspecified atom stereocenters. The largest absolute Gasteiger partial charge is 0.433 e. The topological polar surface area (TPSA) is 177 Å². The lowest BCUT2D eigenvalue weighted by atomic mass is 9.79. The van der Waals surface area contributed by atoms with E-state index in [9.17, 15) is 36.6 Å². The number of rotatable bonds is 19. The summed E-state index contributed by atoms with van der Waals surface area (Å²) < 4.78 is 74.4. The number of carbonyl (C=O) groups excluding carboxylic acids is 2. The van der Waals surface area contributed by atoms with Crippen LogP contribution in [0.1, 0.15) is 119 Å². The Labute approximate surface area is 399 Å². The molecule has 6 rings (SSSR count). The van der Waals surface area contributed by atoms with Crippen molar-refractivity contribution in [2.24, 2.45) is 32.0 Å². The van der Waals surface area contributed by atoms with Crippen molar-refractivity contribution < 1.29 is 41.4 Å². The highest BCUT2D eigenvalue weighted by Crippen LogP contribution is 2.64. The number of aryl methyl sites for hydroxylation is 1. The second kappa shape index (κ2) is 21.1. The highest BCUT2D eigenvalue weighted by molar-refractivity contribution is 6.10. The summed E-state index contributed by atoms with van der Waals surface area (Å²) in [6, 6.07) is 10.8. The molecule has 3 atom stereocenters. The standard InChI is InChI=1S/C52H59F5N8O4/c1-9-17-51(24-41(51)39-14-15-42(63-31(39)3)36-11-10-34-12-13-38(29-69-8)64-46(34)61-28-36)45(66)30(2)40(20-33(25-58)27-62-48(53)54)47(67)65-49(4,5)23-32-19-37(22-44(60-26-32)52(55,56)57)35-16-18-59-43(21-35)50(6,7)68/h11-16,18,21-22,25-28,40-41,48,68H,2,9-10,17,19-20,23-24,29,58H2,1,3-8H3,(H,65,67)/b33-25-,62-27+. The molecule has 3 aromatic heterocycles. The van der Waals surface area contributed by atoms with Gasteiger partial charge in [0.1, 0.15) is 11.3 Å². The molecule has 3 aliphatic rings. The lowest BCUT2D eigenvalue weighted by Gasteiger charge is -2.31. The molecule has 1 saturated carbocycles. The zero-order valence-electron chi connectivity index (χ0n) is 39.9. The van der Waals surface area contributed by atoms with Crippen LogP contribution in [-0.4, -0.2) is 75.3 Å². The summed E-state index contributed by atoms with van der Waals surface area (Å²) >= 11 is 0. The first-order chi connectivity index (χ1) is 32.5. The Morgan fingerprint density at radius 1 is 1.12 bits per heavy atom. The van der Waals surface area contributed by atoms with Gasteiger partial charge in [-0.15, -0.1) is 0 Å². The number of ketones is 1. The molecule has 0 radical (unpaired) electrons. The number of alkyl halides is 5. The van der Waals surface area contributed by atoms with E-state index < -0.39 is 46.8 Å². The van der Waals surface area contributed by atoms with Gasteiger partial charge in [-0.2, -0.15) is 22.0 Å². The quantitative estimate of drug-likeness (QED) is 0.0460. The number of nitrogens with two attached hydrogens (primary N) is 1. The van der Waals surface area contributed by atoms with Crippen LogP contribution in [0.25, 0.3) is 11.1 Å². The van der Waals surface area contributed by atoms with Gasteiger partial charge < -0.3 is 20.9 Å². The van der Waals surface area contributed by atoms with Crippen molar-refractivity contribution in [3.8, 4) is 0 Å². The number of carbonyl (C=O) groups is 2. The van der Waals surface area contributed by atoms with Crippen LogP contribution < -0.4 is 11.1 Å². The number of nitrogens with zero attached hydrogens (tertiary/aromatic N) is 6. The number of nitrogens with one attached hydrogen (secondary N) is 1. The van der Waals surface area contributed by atoms with Gasteiger partial charge in [0.15, 0.2) is 11.6 Å². The Balaban J connectivity index is 1.25. The molecule has 5 heterocycles. The zero-order chi connectivity index (χ0) is 50.5. The maximum atomic E-state index is 14.9. The van der Waals surface area contributed by atoms with Gasteiger partial charge >= 0.3 is 12.7 Å². The molecule has 69 heavy (non-hydrogen) atoms. The van der Waals surface area contributed by atoms with E-state index in [-0.39, 0.29) is 53.4 Å². The minimum Gasteiger partial charge on any atom is -0.404 e. The van der Waals surface area contributed by atoms with E-state index in [1.807, 2.05) is 44.2 Å². The van der Waals surface area contributed by atoms with Crippen molar-refractivity contribution in [2.75, 3.05) is 7.11 Å². The van der Waals surface area contributed by atoms with Gasteiger partial charge in [0.05, 0.1) is 29.6 Å². The monoisotopic (exact) mass is 954 g/mol. The van der Waals surface area contributed by atoms with Crippen LogP contribution in [0.5, 0.6) is 0 Å². The highest BCUT2D eigenvalue weighted by Gasteiger charge is 2.60. The van der Waals surface area contributed by atoms with Crippen LogP contribution in [-0.2, 0) is 33.0 Å². The molecule has 1 aliphatic carbocycles. The normalized spacial score (nSPS) is 19.2. The van der Waals surface area contributed by atoms with Crippen molar-refractivity contribution >= 4 is 46.8 Å².